The van der Waals surface area contributed by atoms with E-state index in [2.05, 4.69) is 25.7 Å². The Balaban J connectivity index is 1.62. The summed E-state index contributed by atoms with van der Waals surface area (Å²) in [6.45, 7) is 5.85. The molecule has 0 saturated carbocycles. The summed E-state index contributed by atoms with van der Waals surface area (Å²) in [5, 5.41) is 1.01. The van der Waals surface area contributed by atoms with E-state index in [4.69, 9.17) is 0 Å². The zero-order valence-electron chi connectivity index (χ0n) is 12.0. The molecule has 0 aromatic carbocycles. The molecule has 2 aliphatic rings. The van der Waals surface area contributed by atoms with Gasteiger partial charge in [0.1, 0.15) is 0 Å². The topological polar surface area (TPSA) is 23.6 Å². The molecule has 0 spiro atoms. The van der Waals surface area contributed by atoms with Crippen molar-refractivity contribution in [1.29, 1.82) is 0 Å². The SMILES string of the molecule is O=C(CCCCBr)N1CCC(CN2CCCC2)CC1. The van der Waals surface area contributed by atoms with Gasteiger partial charge in [0.25, 0.3) is 0 Å². The van der Waals surface area contributed by atoms with Gasteiger partial charge in [-0.3, -0.25) is 4.79 Å². The first-order valence-electron chi connectivity index (χ1n) is 7.85. The molecular formula is C15H27BrN2O. The second-order valence-corrected chi connectivity index (χ2v) is 6.77. The van der Waals surface area contributed by atoms with Crippen molar-refractivity contribution in [2.75, 3.05) is 38.1 Å². The third-order valence-electron chi connectivity index (χ3n) is 4.46. The van der Waals surface area contributed by atoms with Crippen molar-refractivity contribution in [1.82, 2.24) is 9.80 Å². The summed E-state index contributed by atoms with van der Waals surface area (Å²) < 4.78 is 0. The fourth-order valence-electron chi connectivity index (χ4n) is 3.22. The molecule has 2 rings (SSSR count). The summed E-state index contributed by atoms with van der Waals surface area (Å²) in [6.07, 6.45) is 8.05. The lowest BCUT2D eigenvalue weighted by Crippen LogP contribution is -2.41. The van der Waals surface area contributed by atoms with Crippen molar-refractivity contribution in [3.8, 4) is 0 Å². The van der Waals surface area contributed by atoms with Gasteiger partial charge in [-0.15, -0.1) is 0 Å². The average Bonchev–Trinajstić information content (AvgIpc) is 2.93. The molecule has 0 unspecified atom stereocenters. The van der Waals surface area contributed by atoms with Gasteiger partial charge in [-0.1, -0.05) is 15.9 Å². The molecule has 19 heavy (non-hydrogen) atoms. The van der Waals surface area contributed by atoms with Gasteiger partial charge >= 0.3 is 0 Å². The third kappa shape index (κ3) is 5.07. The molecule has 0 N–H and O–H groups in total. The molecule has 4 heteroatoms. The maximum atomic E-state index is 12.0. The van der Waals surface area contributed by atoms with Crippen molar-refractivity contribution in [2.24, 2.45) is 5.92 Å². The first-order chi connectivity index (χ1) is 9.29. The molecule has 2 fully saturated rings. The summed E-state index contributed by atoms with van der Waals surface area (Å²) in [7, 11) is 0. The van der Waals surface area contributed by atoms with E-state index in [1.807, 2.05) is 0 Å². The number of alkyl halides is 1. The smallest absolute Gasteiger partial charge is 0.222 e. The number of unbranched alkanes of at least 4 members (excludes halogenated alkanes) is 1. The number of rotatable bonds is 6. The molecule has 0 radical (unpaired) electrons. The molecule has 0 atom stereocenters. The van der Waals surface area contributed by atoms with Crippen molar-refractivity contribution in [3.05, 3.63) is 0 Å². The molecule has 0 aromatic rings. The predicted octanol–water partition coefficient (Wildman–Crippen LogP) is 2.89. The van der Waals surface area contributed by atoms with Crippen LogP contribution in [0.3, 0.4) is 0 Å². The minimum absolute atomic E-state index is 0.376. The van der Waals surface area contributed by atoms with E-state index in [1.165, 1.54) is 45.3 Å². The van der Waals surface area contributed by atoms with Gasteiger partial charge in [-0.05, 0) is 57.5 Å². The fourth-order valence-corrected chi connectivity index (χ4v) is 3.62. The van der Waals surface area contributed by atoms with E-state index in [0.717, 1.165) is 43.6 Å². The highest BCUT2D eigenvalue weighted by Gasteiger charge is 2.24. The molecule has 1 amide bonds. The van der Waals surface area contributed by atoms with Gasteiger partial charge in [0.2, 0.25) is 5.91 Å². The monoisotopic (exact) mass is 330 g/mol. The van der Waals surface area contributed by atoms with Gasteiger partial charge in [0, 0.05) is 31.4 Å². The largest absolute Gasteiger partial charge is 0.343 e. The van der Waals surface area contributed by atoms with Crippen LogP contribution >= 0.6 is 15.9 Å². The zero-order valence-corrected chi connectivity index (χ0v) is 13.5. The number of nitrogens with zero attached hydrogens (tertiary/aromatic N) is 2. The Morgan fingerprint density at radius 1 is 1.05 bits per heavy atom. The maximum absolute atomic E-state index is 12.0. The van der Waals surface area contributed by atoms with E-state index >= 15 is 0 Å². The second kappa shape index (κ2) is 8.25. The summed E-state index contributed by atoms with van der Waals surface area (Å²) in [4.78, 5) is 16.7. The standard InChI is InChI=1S/C15H27BrN2O/c16-8-2-1-5-15(19)18-11-6-14(7-12-18)13-17-9-3-4-10-17/h14H,1-13H2. The number of halogens is 1. The highest BCUT2D eigenvalue weighted by atomic mass is 79.9. The van der Waals surface area contributed by atoms with E-state index < -0.39 is 0 Å². The fraction of sp³-hybridized carbons (Fsp3) is 0.933. The van der Waals surface area contributed by atoms with Crippen molar-refractivity contribution in [2.45, 2.75) is 44.9 Å². The Kier molecular flexibility index (Phi) is 6.65. The van der Waals surface area contributed by atoms with Crippen LogP contribution in [0, 0.1) is 5.92 Å². The third-order valence-corrected chi connectivity index (χ3v) is 5.02. The van der Waals surface area contributed by atoms with Crippen molar-refractivity contribution in [3.63, 3.8) is 0 Å². The van der Waals surface area contributed by atoms with Crippen LogP contribution in [0.15, 0.2) is 0 Å². The molecule has 2 saturated heterocycles. The molecule has 2 heterocycles. The Labute approximate surface area is 125 Å². The summed E-state index contributed by atoms with van der Waals surface area (Å²) >= 11 is 3.42. The van der Waals surface area contributed by atoms with E-state index in [0.29, 0.717) is 5.91 Å². The number of carbonyl (C=O) groups excluding carboxylic acids is 1. The molecule has 0 aromatic heterocycles. The summed E-state index contributed by atoms with van der Waals surface area (Å²) in [6, 6.07) is 0. The lowest BCUT2D eigenvalue weighted by atomic mass is 9.96. The average molecular weight is 331 g/mol. The summed E-state index contributed by atoms with van der Waals surface area (Å²) in [5.41, 5.74) is 0. The van der Waals surface area contributed by atoms with Crippen molar-refractivity contribution < 1.29 is 4.79 Å². The second-order valence-electron chi connectivity index (χ2n) is 5.98. The normalized spacial score (nSPS) is 22.1. The lowest BCUT2D eigenvalue weighted by Gasteiger charge is -2.34. The van der Waals surface area contributed by atoms with Gasteiger partial charge < -0.3 is 9.80 Å². The van der Waals surface area contributed by atoms with Crippen LogP contribution < -0.4 is 0 Å². The maximum Gasteiger partial charge on any atom is 0.222 e. The molecule has 3 nitrogen and oxygen atoms in total. The minimum atomic E-state index is 0.376. The molecule has 0 bridgehead atoms. The number of hydrogen-bond acceptors (Lipinski definition) is 2. The Morgan fingerprint density at radius 3 is 2.37 bits per heavy atom. The van der Waals surface area contributed by atoms with Crippen molar-refractivity contribution >= 4 is 21.8 Å². The van der Waals surface area contributed by atoms with Gasteiger partial charge in [-0.25, -0.2) is 0 Å². The Hall–Kier alpha value is -0.0900. The van der Waals surface area contributed by atoms with Gasteiger partial charge in [0.05, 0.1) is 0 Å². The van der Waals surface area contributed by atoms with Crippen LogP contribution in [0.4, 0.5) is 0 Å². The molecular weight excluding hydrogens is 304 g/mol. The van der Waals surface area contributed by atoms with Crippen LogP contribution in [-0.2, 0) is 4.79 Å². The molecule has 2 aliphatic heterocycles. The van der Waals surface area contributed by atoms with Crippen LogP contribution in [0.2, 0.25) is 0 Å². The number of carbonyl (C=O) groups is 1. The van der Waals surface area contributed by atoms with E-state index in [-0.39, 0.29) is 0 Å². The number of likely N-dealkylation sites (tertiary alicyclic amines) is 2. The highest BCUT2D eigenvalue weighted by molar-refractivity contribution is 9.09. The summed E-state index contributed by atoms with van der Waals surface area (Å²) in [5.74, 6) is 1.20. The predicted molar refractivity (Wildman–Crippen MR) is 82.6 cm³/mol. The van der Waals surface area contributed by atoms with Crippen LogP contribution in [-0.4, -0.2) is 53.8 Å². The first kappa shape index (κ1) is 15.3. The number of amides is 1. The number of piperidine rings is 1. The zero-order chi connectivity index (χ0) is 13.5. The van der Waals surface area contributed by atoms with E-state index in [1.54, 1.807) is 0 Å². The minimum Gasteiger partial charge on any atom is -0.343 e. The lowest BCUT2D eigenvalue weighted by molar-refractivity contribution is -0.132. The Morgan fingerprint density at radius 2 is 1.74 bits per heavy atom. The Bertz CT molecular complexity index is 271. The van der Waals surface area contributed by atoms with Crippen LogP contribution in [0.1, 0.15) is 44.9 Å². The van der Waals surface area contributed by atoms with E-state index in [9.17, 15) is 4.79 Å². The first-order valence-corrected chi connectivity index (χ1v) is 8.98. The molecule has 110 valence electrons. The van der Waals surface area contributed by atoms with Gasteiger partial charge in [0.15, 0.2) is 0 Å². The van der Waals surface area contributed by atoms with Crippen LogP contribution in [0.25, 0.3) is 0 Å². The quantitative estimate of drug-likeness (QED) is 0.552. The molecule has 0 aliphatic carbocycles. The number of hydrogen-bond donors (Lipinski definition) is 0. The van der Waals surface area contributed by atoms with Gasteiger partial charge in [-0.2, -0.15) is 0 Å². The highest BCUT2D eigenvalue weighted by Crippen LogP contribution is 2.21. The van der Waals surface area contributed by atoms with Crippen LogP contribution in [0.5, 0.6) is 0 Å².